The van der Waals surface area contributed by atoms with E-state index < -0.39 is 4.92 Å². The van der Waals surface area contributed by atoms with Gasteiger partial charge in [0, 0.05) is 5.39 Å². The molecule has 0 bridgehead atoms. The van der Waals surface area contributed by atoms with Crippen molar-refractivity contribution >= 4 is 28.7 Å². The monoisotopic (exact) mass is 320 g/mol. The molecule has 0 saturated heterocycles. The van der Waals surface area contributed by atoms with E-state index in [4.69, 9.17) is 9.47 Å². The third-order valence-electron chi connectivity index (χ3n) is 3.77. The predicted molar refractivity (Wildman–Crippen MR) is 89.9 cm³/mol. The van der Waals surface area contributed by atoms with Crippen molar-refractivity contribution in [1.82, 2.24) is 4.98 Å². The zero-order valence-corrected chi connectivity index (χ0v) is 12.5. The third kappa shape index (κ3) is 2.54. The Morgan fingerprint density at radius 3 is 2.67 bits per heavy atom. The van der Waals surface area contributed by atoms with Crippen molar-refractivity contribution < 1.29 is 14.4 Å². The molecule has 0 N–H and O–H groups in total. The van der Waals surface area contributed by atoms with Crippen molar-refractivity contribution in [3.8, 4) is 11.5 Å². The van der Waals surface area contributed by atoms with E-state index >= 15 is 0 Å². The Balaban J connectivity index is 1.73. The first-order valence-electron chi connectivity index (χ1n) is 7.32. The van der Waals surface area contributed by atoms with Gasteiger partial charge in [0.2, 0.25) is 6.79 Å². The number of fused-ring (bicyclic) bond motifs is 2. The van der Waals surface area contributed by atoms with Gasteiger partial charge in [-0.05, 0) is 30.4 Å². The highest BCUT2D eigenvalue weighted by Gasteiger charge is 2.21. The smallest absolute Gasteiger partial charge is 0.280 e. The Hall–Kier alpha value is -3.41. The Morgan fingerprint density at radius 2 is 1.83 bits per heavy atom. The van der Waals surface area contributed by atoms with Gasteiger partial charge in [-0.25, -0.2) is 4.98 Å². The van der Waals surface area contributed by atoms with Gasteiger partial charge in [-0.3, -0.25) is 10.1 Å². The fourth-order valence-corrected chi connectivity index (χ4v) is 2.59. The topological polar surface area (TPSA) is 74.5 Å². The summed E-state index contributed by atoms with van der Waals surface area (Å²) in [5.41, 5.74) is 2.01. The molecule has 2 heterocycles. The van der Waals surface area contributed by atoms with E-state index in [0.29, 0.717) is 17.1 Å². The number of benzene rings is 2. The van der Waals surface area contributed by atoms with Crippen molar-refractivity contribution in [2.24, 2.45) is 0 Å². The van der Waals surface area contributed by atoms with E-state index in [9.17, 15) is 10.1 Å². The quantitative estimate of drug-likeness (QED) is 0.538. The van der Waals surface area contributed by atoms with Crippen LogP contribution in [0.4, 0.5) is 5.69 Å². The van der Waals surface area contributed by atoms with Crippen LogP contribution in [0.15, 0.2) is 48.5 Å². The van der Waals surface area contributed by atoms with Gasteiger partial charge in [-0.2, -0.15) is 0 Å². The van der Waals surface area contributed by atoms with Crippen LogP contribution >= 0.6 is 0 Å². The maximum absolute atomic E-state index is 11.3. The van der Waals surface area contributed by atoms with Crippen LogP contribution in [-0.2, 0) is 0 Å². The summed E-state index contributed by atoms with van der Waals surface area (Å²) in [6, 6.07) is 14.6. The predicted octanol–water partition coefficient (Wildman–Crippen LogP) is 4.04. The number of rotatable bonds is 3. The second-order valence-electron chi connectivity index (χ2n) is 5.28. The minimum Gasteiger partial charge on any atom is -0.454 e. The minimum atomic E-state index is -0.435. The average Bonchev–Trinajstić information content (AvgIpc) is 3.06. The summed E-state index contributed by atoms with van der Waals surface area (Å²) in [5, 5.41) is 12.3. The molecule has 1 aliphatic heterocycles. The first-order valence-corrected chi connectivity index (χ1v) is 7.32. The lowest BCUT2D eigenvalue weighted by atomic mass is 10.1. The van der Waals surface area contributed by atoms with E-state index in [-0.39, 0.29) is 12.5 Å². The number of aromatic nitrogens is 1. The molecule has 4 rings (SSSR count). The summed E-state index contributed by atoms with van der Waals surface area (Å²) in [6.45, 7) is 0.0753. The van der Waals surface area contributed by atoms with Crippen molar-refractivity contribution in [2.45, 2.75) is 0 Å². The third-order valence-corrected chi connectivity index (χ3v) is 3.77. The molecule has 0 unspecified atom stereocenters. The van der Waals surface area contributed by atoms with E-state index in [1.165, 1.54) is 6.07 Å². The molecule has 6 heteroatoms. The Labute approximate surface area is 137 Å². The molecule has 3 aromatic rings. The van der Waals surface area contributed by atoms with E-state index in [0.717, 1.165) is 16.6 Å². The van der Waals surface area contributed by atoms with Crippen molar-refractivity contribution in [3.05, 3.63) is 69.9 Å². The number of hydrogen-bond acceptors (Lipinski definition) is 5. The highest BCUT2D eigenvalue weighted by molar-refractivity contribution is 5.81. The molecule has 0 saturated carbocycles. The number of para-hydroxylation sites is 1. The zero-order chi connectivity index (χ0) is 16.5. The highest BCUT2D eigenvalue weighted by Crippen LogP contribution is 2.38. The number of nitro benzene ring substituents is 1. The second kappa shape index (κ2) is 5.66. The van der Waals surface area contributed by atoms with Crippen molar-refractivity contribution in [2.75, 3.05) is 6.79 Å². The molecule has 1 aromatic heterocycles. The van der Waals surface area contributed by atoms with Crippen LogP contribution in [0.1, 0.15) is 11.3 Å². The second-order valence-corrected chi connectivity index (χ2v) is 5.28. The average molecular weight is 320 g/mol. The van der Waals surface area contributed by atoms with Crippen LogP contribution in [0.3, 0.4) is 0 Å². The first-order chi connectivity index (χ1) is 11.7. The molecule has 0 atom stereocenters. The normalized spacial score (nSPS) is 12.8. The molecule has 6 nitrogen and oxygen atoms in total. The Bertz CT molecular complexity index is 982. The molecule has 0 amide bonds. The van der Waals surface area contributed by atoms with E-state index in [1.54, 1.807) is 18.2 Å². The van der Waals surface area contributed by atoms with Gasteiger partial charge in [0.15, 0.2) is 11.5 Å². The van der Waals surface area contributed by atoms with Gasteiger partial charge in [-0.15, -0.1) is 0 Å². The standard InChI is InChI=1S/C18H12N2O4/c21-20(22)16-10-18-17(23-11-24-18)9-13(16)6-8-14-7-5-12-3-1-2-4-15(12)19-14/h1-10H,11H2. The minimum absolute atomic E-state index is 0.0312. The van der Waals surface area contributed by atoms with Crippen molar-refractivity contribution in [3.63, 3.8) is 0 Å². The molecule has 118 valence electrons. The summed E-state index contributed by atoms with van der Waals surface area (Å²) in [6.07, 6.45) is 3.41. The van der Waals surface area contributed by atoms with Crippen LogP contribution < -0.4 is 9.47 Å². The molecule has 0 radical (unpaired) electrons. The summed E-state index contributed by atoms with van der Waals surface area (Å²) < 4.78 is 10.5. The zero-order valence-electron chi connectivity index (χ0n) is 12.5. The van der Waals surface area contributed by atoms with Gasteiger partial charge in [0.1, 0.15) is 0 Å². The summed E-state index contributed by atoms with van der Waals surface area (Å²) in [5.74, 6) is 0.898. The molecule has 0 aliphatic carbocycles. The largest absolute Gasteiger partial charge is 0.454 e. The fraction of sp³-hybridized carbons (Fsp3) is 0.0556. The van der Waals surface area contributed by atoms with Crippen LogP contribution in [0.2, 0.25) is 0 Å². The Morgan fingerprint density at radius 1 is 1.04 bits per heavy atom. The molecular formula is C18H12N2O4. The SMILES string of the molecule is O=[N+]([O-])c1cc2c(cc1C=Cc1ccc3ccccc3n1)OCO2. The molecule has 0 spiro atoms. The molecule has 24 heavy (non-hydrogen) atoms. The molecule has 2 aromatic carbocycles. The lowest BCUT2D eigenvalue weighted by molar-refractivity contribution is -0.385. The van der Waals surface area contributed by atoms with Crippen LogP contribution in [0.5, 0.6) is 11.5 Å². The van der Waals surface area contributed by atoms with Crippen LogP contribution in [-0.4, -0.2) is 16.7 Å². The summed E-state index contributed by atoms with van der Waals surface area (Å²) >= 11 is 0. The number of pyridine rings is 1. The van der Waals surface area contributed by atoms with Crippen molar-refractivity contribution in [1.29, 1.82) is 0 Å². The van der Waals surface area contributed by atoms with Crippen LogP contribution in [0, 0.1) is 10.1 Å². The summed E-state index contributed by atoms with van der Waals surface area (Å²) in [4.78, 5) is 15.4. The van der Waals surface area contributed by atoms with Gasteiger partial charge in [-0.1, -0.05) is 24.3 Å². The van der Waals surface area contributed by atoms with E-state index in [2.05, 4.69) is 4.98 Å². The lowest BCUT2D eigenvalue weighted by Crippen LogP contribution is -1.93. The summed E-state index contributed by atoms with van der Waals surface area (Å²) in [7, 11) is 0. The lowest BCUT2D eigenvalue weighted by Gasteiger charge is -2.01. The maximum atomic E-state index is 11.3. The van der Waals surface area contributed by atoms with E-state index in [1.807, 2.05) is 36.4 Å². The van der Waals surface area contributed by atoms with Gasteiger partial charge < -0.3 is 9.47 Å². The number of nitro groups is 1. The van der Waals surface area contributed by atoms with Crippen LogP contribution in [0.25, 0.3) is 23.1 Å². The number of nitrogens with zero attached hydrogens (tertiary/aromatic N) is 2. The highest BCUT2D eigenvalue weighted by atomic mass is 16.7. The molecule has 0 fully saturated rings. The maximum Gasteiger partial charge on any atom is 0.280 e. The number of ether oxygens (including phenoxy) is 2. The molecular weight excluding hydrogens is 308 g/mol. The first kappa shape index (κ1) is 14.2. The Kier molecular flexibility index (Phi) is 3.35. The van der Waals surface area contributed by atoms with Gasteiger partial charge in [0.05, 0.1) is 27.8 Å². The fourth-order valence-electron chi connectivity index (χ4n) is 2.59. The van der Waals surface area contributed by atoms with Gasteiger partial charge >= 0.3 is 0 Å². The van der Waals surface area contributed by atoms with Gasteiger partial charge in [0.25, 0.3) is 5.69 Å². The number of hydrogen-bond donors (Lipinski definition) is 0. The molecule has 1 aliphatic rings.